The number of halogens is 2. The number of carbonyl (C=O) groups is 1. The molecule has 0 bridgehead atoms. The number of allylic oxidation sites excluding steroid dienone is 1. The fourth-order valence-corrected chi connectivity index (χ4v) is 5.67. The van der Waals surface area contributed by atoms with Crippen molar-refractivity contribution in [2.45, 2.75) is 13.0 Å². The van der Waals surface area contributed by atoms with Crippen molar-refractivity contribution in [2.24, 2.45) is 4.99 Å². The first-order valence-corrected chi connectivity index (χ1v) is 12.5. The number of benzene rings is 3. The summed E-state index contributed by atoms with van der Waals surface area (Å²) in [5.41, 5.74) is 2.26. The molecular formula is C27H19Cl2N3O3S. The number of nitrogens with one attached hydrogen (secondary N) is 1. The summed E-state index contributed by atoms with van der Waals surface area (Å²) in [6.45, 7) is 1.76. The van der Waals surface area contributed by atoms with Gasteiger partial charge in [-0.3, -0.25) is 14.2 Å². The number of hydrogen-bond acceptors (Lipinski definition) is 5. The molecule has 0 saturated carbocycles. The van der Waals surface area contributed by atoms with Crippen LogP contribution in [-0.4, -0.2) is 15.6 Å². The van der Waals surface area contributed by atoms with Gasteiger partial charge in [0.2, 0.25) is 0 Å². The molecular weight excluding hydrogens is 517 g/mol. The van der Waals surface area contributed by atoms with Crippen LogP contribution in [0.5, 0.6) is 5.75 Å². The van der Waals surface area contributed by atoms with Gasteiger partial charge < -0.3 is 10.4 Å². The van der Waals surface area contributed by atoms with Crippen molar-refractivity contribution >= 4 is 52.2 Å². The molecule has 1 aromatic heterocycles. The Bertz CT molecular complexity index is 1690. The van der Waals surface area contributed by atoms with Gasteiger partial charge in [-0.15, -0.1) is 0 Å². The largest absolute Gasteiger partial charge is 0.506 e. The van der Waals surface area contributed by atoms with E-state index in [2.05, 4.69) is 10.3 Å². The fraction of sp³-hybridized carbons (Fsp3) is 0.0741. The number of nitrogens with zero attached hydrogens (tertiary/aromatic N) is 2. The lowest BCUT2D eigenvalue weighted by Crippen LogP contribution is -2.40. The van der Waals surface area contributed by atoms with Crippen molar-refractivity contribution in [2.75, 3.05) is 5.32 Å². The van der Waals surface area contributed by atoms with Gasteiger partial charge in [0, 0.05) is 16.3 Å². The first-order chi connectivity index (χ1) is 17.3. The van der Waals surface area contributed by atoms with Crippen molar-refractivity contribution in [3.8, 4) is 5.75 Å². The normalized spacial score (nSPS) is 15.4. The Balaban J connectivity index is 1.69. The van der Waals surface area contributed by atoms with E-state index in [0.717, 1.165) is 16.9 Å². The standard InChI is InChI=1S/C27H19Cl2N3O3S/c1-15-22(25(34)31-19-10-6-3-7-11-19)23(16-8-4-2-5-9-16)32-26(35)21(36-27(32)30-15)13-17-12-18(28)14-20(29)24(17)33/h2-14,23,33H,1H3,(H,31,34)/b21-13-/t23-/m1/s1. The molecule has 2 heterocycles. The summed E-state index contributed by atoms with van der Waals surface area (Å²) in [5, 5.41) is 13.7. The van der Waals surface area contributed by atoms with Crippen molar-refractivity contribution in [3.63, 3.8) is 0 Å². The quantitative estimate of drug-likeness (QED) is 0.390. The molecule has 0 saturated heterocycles. The number of amides is 1. The SMILES string of the molecule is CC1=C(C(=O)Nc2ccccc2)[C@@H](c2ccccc2)n2c(s/c(=C\c3cc(Cl)cc(Cl)c3O)c2=O)=N1. The third-order valence-corrected chi connectivity index (χ3v) is 7.25. The molecule has 9 heteroatoms. The Morgan fingerprint density at radius 3 is 2.44 bits per heavy atom. The number of phenols is 1. The number of aromatic nitrogens is 1. The number of thiazole rings is 1. The third kappa shape index (κ3) is 4.48. The molecule has 1 aliphatic rings. The van der Waals surface area contributed by atoms with Crippen LogP contribution in [0.3, 0.4) is 0 Å². The molecule has 36 heavy (non-hydrogen) atoms. The predicted octanol–water partition coefficient (Wildman–Crippen LogP) is 4.89. The average molecular weight is 536 g/mol. The Morgan fingerprint density at radius 2 is 1.75 bits per heavy atom. The van der Waals surface area contributed by atoms with Crippen LogP contribution in [0, 0.1) is 0 Å². The Kier molecular flexibility index (Phi) is 6.53. The van der Waals surface area contributed by atoms with E-state index in [1.807, 2.05) is 48.5 Å². The van der Waals surface area contributed by atoms with Gasteiger partial charge in [0.15, 0.2) is 4.80 Å². The van der Waals surface area contributed by atoms with E-state index in [-0.39, 0.29) is 22.2 Å². The molecule has 1 amide bonds. The molecule has 180 valence electrons. The minimum atomic E-state index is -0.690. The number of anilines is 1. The van der Waals surface area contributed by atoms with E-state index < -0.39 is 6.04 Å². The number of rotatable bonds is 4. The molecule has 0 spiro atoms. The summed E-state index contributed by atoms with van der Waals surface area (Å²) in [7, 11) is 0. The monoisotopic (exact) mass is 535 g/mol. The van der Waals surface area contributed by atoms with Gasteiger partial charge in [0.1, 0.15) is 5.75 Å². The maximum atomic E-state index is 13.7. The smallest absolute Gasteiger partial charge is 0.271 e. The van der Waals surface area contributed by atoms with Crippen LogP contribution in [0.15, 0.2) is 93.9 Å². The van der Waals surface area contributed by atoms with Gasteiger partial charge in [-0.1, -0.05) is 83.1 Å². The number of hydrogen-bond donors (Lipinski definition) is 2. The highest BCUT2D eigenvalue weighted by Gasteiger charge is 2.32. The highest BCUT2D eigenvalue weighted by atomic mass is 35.5. The summed E-state index contributed by atoms with van der Waals surface area (Å²) in [5.74, 6) is -0.518. The second kappa shape index (κ2) is 9.78. The zero-order valence-electron chi connectivity index (χ0n) is 18.9. The Morgan fingerprint density at radius 1 is 1.08 bits per heavy atom. The maximum absolute atomic E-state index is 13.7. The minimum Gasteiger partial charge on any atom is -0.506 e. The van der Waals surface area contributed by atoms with Crippen molar-refractivity contribution < 1.29 is 9.90 Å². The average Bonchev–Trinajstić information content (AvgIpc) is 3.16. The second-order valence-corrected chi connectivity index (χ2v) is 9.99. The fourth-order valence-electron chi connectivity index (χ4n) is 4.12. The van der Waals surface area contributed by atoms with E-state index in [0.29, 0.717) is 36.9 Å². The number of aromatic hydroxyl groups is 1. The van der Waals surface area contributed by atoms with Gasteiger partial charge in [0.25, 0.3) is 11.5 Å². The van der Waals surface area contributed by atoms with Gasteiger partial charge in [0.05, 0.1) is 26.9 Å². The van der Waals surface area contributed by atoms with E-state index in [4.69, 9.17) is 23.2 Å². The van der Waals surface area contributed by atoms with E-state index in [1.54, 1.807) is 19.1 Å². The minimum absolute atomic E-state index is 0.0828. The Labute approximate surface area is 220 Å². The van der Waals surface area contributed by atoms with E-state index in [9.17, 15) is 14.7 Å². The molecule has 0 aliphatic carbocycles. The van der Waals surface area contributed by atoms with Crippen LogP contribution in [0.1, 0.15) is 24.1 Å². The highest BCUT2D eigenvalue weighted by Crippen LogP contribution is 2.32. The summed E-state index contributed by atoms with van der Waals surface area (Å²) in [6, 6.07) is 20.7. The summed E-state index contributed by atoms with van der Waals surface area (Å²) in [4.78, 5) is 32.2. The molecule has 3 aromatic carbocycles. The molecule has 2 N–H and O–H groups in total. The van der Waals surface area contributed by atoms with Crippen molar-refractivity contribution in [1.82, 2.24) is 4.57 Å². The zero-order valence-corrected chi connectivity index (χ0v) is 21.2. The summed E-state index contributed by atoms with van der Waals surface area (Å²) >= 11 is 13.3. The molecule has 1 aliphatic heterocycles. The molecule has 6 nitrogen and oxygen atoms in total. The van der Waals surface area contributed by atoms with Gasteiger partial charge >= 0.3 is 0 Å². The van der Waals surface area contributed by atoms with E-state index in [1.165, 1.54) is 22.8 Å². The number of para-hydroxylation sites is 1. The molecule has 0 fully saturated rings. The maximum Gasteiger partial charge on any atom is 0.271 e. The molecule has 1 atom stereocenters. The van der Waals surface area contributed by atoms with Crippen LogP contribution in [-0.2, 0) is 4.79 Å². The van der Waals surface area contributed by atoms with Gasteiger partial charge in [-0.25, -0.2) is 4.99 Å². The molecule has 0 unspecified atom stereocenters. The summed E-state index contributed by atoms with van der Waals surface area (Å²) in [6.07, 6.45) is 1.53. The van der Waals surface area contributed by atoms with Crippen LogP contribution in [0.2, 0.25) is 10.0 Å². The first-order valence-electron chi connectivity index (χ1n) is 11.0. The molecule has 4 aromatic rings. The Hall–Kier alpha value is -3.65. The van der Waals surface area contributed by atoms with Gasteiger partial charge in [-0.05, 0) is 42.8 Å². The first kappa shape index (κ1) is 24.1. The lowest BCUT2D eigenvalue weighted by molar-refractivity contribution is -0.113. The van der Waals surface area contributed by atoms with E-state index >= 15 is 0 Å². The van der Waals surface area contributed by atoms with Crippen molar-refractivity contribution in [1.29, 1.82) is 0 Å². The molecule has 0 radical (unpaired) electrons. The third-order valence-electron chi connectivity index (χ3n) is 5.76. The van der Waals surface area contributed by atoms with Gasteiger partial charge in [-0.2, -0.15) is 0 Å². The highest BCUT2D eigenvalue weighted by molar-refractivity contribution is 7.07. The van der Waals surface area contributed by atoms with Crippen LogP contribution < -0.4 is 20.2 Å². The van der Waals surface area contributed by atoms with Crippen LogP contribution in [0.25, 0.3) is 6.08 Å². The second-order valence-electron chi connectivity index (χ2n) is 8.14. The lowest BCUT2D eigenvalue weighted by atomic mass is 9.95. The number of carbonyl (C=O) groups excluding carboxylic acids is 1. The van der Waals surface area contributed by atoms with Crippen LogP contribution >= 0.6 is 34.5 Å². The summed E-state index contributed by atoms with van der Waals surface area (Å²) < 4.78 is 1.84. The predicted molar refractivity (Wildman–Crippen MR) is 143 cm³/mol. The topological polar surface area (TPSA) is 83.7 Å². The lowest BCUT2D eigenvalue weighted by Gasteiger charge is -2.25. The van der Waals surface area contributed by atoms with Crippen molar-refractivity contribution in [3.05, 3.63) is 125 Å². The number of fused-ring (bicyclic) bond motifs is 1. The number of phenolic OH excluding ortho intramolecular Hbond substituents is 1. The zero-order chi connectivity index (χ0) is 25.4. The molecule has 5 rings (SSSR count). The van der Waals surface area contributed by atoms with Crippen LogP contribution in [0.4, 0.5) is 5.69 Å².